The predicted molar refractivity (Wildman–Crippen MR) is 67.1 cm³/mol. The first-order valence-electron chi connectivity index (χ1n) is 5.98. The summed E-state index contributed by atoms with van der Waals surface area (Å²) in [5.41, 5.74) is 1.19. The van der Waals surface area contributed by atoms with Crippen LogP contribution in [0.2, 0.25) is 0 Å². The minimum Gasteiger partial charge on any atom is -0.335 e. The van der Waals surface area contributed by atoms with Gasteiger partial charge in [-0.15, -0.1) is 0 Å². The van der Waals surface area contributed by atoms with Gasteiger partial charge in [-0.25, -0.2) is 9.37 Å². The van der Waals surface area contributed by atoms with E-state index in [1.54, 1.807) is 6.20 Å². The standard InChI is InChI=1S/C14H15FN2O/c1-2-6-17-7-5-16-14(17)9-12-8-13(15)4-3-11(12)10-18/h3-5,7-8,10H,2,6,9H2,1H3. The third-order valence-electron chi connectivity index (χ3n) is 2.85. The van der Waals surface area contributed by atoms with E-state index in [0.717, 1.165) is 25.1 Å². The summed E-state index contributed by atoms with van der Waals surface area (Å²) in [5, 5.41) is 0. The molecule has 0 aliphatic carbocycles. The first kappa shape index (κ1) is 12.5. The SMILES string of the molecule is CCCn1ccnc1Cc1cc(F)ccc1C=O. The van der Waals surface area contributed by atoms with Crippen LogP contribution in [-0.4, -0.2) is 15.8 Å². The minimum absolute atomic E-state index is 0.329. The topological polar surface area (TPSA) is 34.9 Å². The largest absolute Gasteiger partial charge is 0.335 e. The molecule has 3 nitrogen and oxygen atoms in total. The first-order chi connectivity index (χ1) is 8.74. The van der Waals surface area contributed by atoms with Gasteiger partial charge in [-0.2, -0.15) is 0 Å². The van der Waals surface area contributed by atoms with E-state index in [0.29, 0.717) is 17.5 Å². The summed E-state index contributed by atoms with van der Waals surface area (Å²) >= 11 is 0. The summed E-state index contributed by atoms with van der Waals surface area (Å²) in [6.07, 6.45) is 5.86. The highest BCUT2D eigenvalue weighted by atomic mass is 19.1. The highest BCUT2D eigenvalue weighted by molar-refractivity contribution is 5.77. The van der Waals surface area contributed by atoms with Gasteiger partial charge in [0.05, 0.1) is 0 Å². The Morgan fingerprint density at radius 2 is 2.28 bits per heavy atom. The van der Waals surface area contributed by atoms with Gasteiger partial charge in [0, 0.05) is 30.9 Å². The highest BCUT2D eigenvalue weighted by Gasteiger charge is 2.08. The van der Waals surface area contributed by atoms with Gasteiger partial charge in [-0.3, -0.25) is 4.79 Å². The van der Waals surface area contributed by atoms with Gasteiger partial charge in [0.15, 0.2) is 0 Å². The molecule has 0 radical (unpaired) electrons. The number of imidazole rings is 1. The van der Waals surface area contributed by atoms with E-state index < -0.39 is 0 Å². The smallest absolute Gasteiger partial charge is 0.150 e. The van der Waals surface area contributed by atoms with E-state index >= 15 is 0 Å². The highest BCUT2D eigenvalue weighted by Crippen LogP contribution is 2.14. The minimum atomic E-state index is -0.329. The molecule has 2 rings (SSSR count). The number of nitrogens with zero attached hydrogens (tertiary/aromatic N) is 2. The Hall–Kier alpha value is -1.97. The molecule has 0 saturated heterocycles. The van der Waals surface area contributed by atoms with Crippen LogP contribution in [0.5, 0.6) is 0 Å². The number of hydrogen-bond donors (Lipinski definition) is 0. The van der Waals surface area contributed by atoms with Crippen LogP contribution in [0.25, 0.3) is 0 Å². The molecule has 1 aromatic carbocycles. The average molecular weight is 246 g/mol. The van der Waals surface area contributed by atoms with Crippen LogP contribution in [-0.2, 0) is 13.0 Å². The fraction of sp³-hybridized carbons (Fsp3) is 0.286. The van der Waals surface area contributed by atoms with E-state index in [9.17, 15) is 9.18 Å². The van der Waals surface area contributed by atoms with Gasteiger partial charge < -0.3 is 4.57 Å². The number of aldehydes is 1. The number of carbonyl (C=O) groups excluding carboxylic acids is 1. The zero-order chi connectivity index (χ0) is 13.0. The van der Waals surface area contributed by atoms with E-state index in [1.165, 1.54) is 18.2 Å². The van der Waals surface area contributed by atoms with Crippen molar-refractivity contribution in [2.45, 2.75) is 26.3 Å². The molecule has 0 bridgehead atoms. The van der Waals surface area contributed by atoms with Crippen molar-refractivity contribution in [2.24, 2.45) is 0 Å². The van der Waals surface area contributed by atoms with Crippen molar-refractivity contribution in [3.63, 3.8) is 0 Å². The van der Waals surface area contributed by atoms with Crippen molar-refractivity contribution in [3.05, 3.63) is 53.4 Å². The van der Waals surface area contributed by atoms with Crippen molar-refractivity contribution in [1.29, 1.82) is 0 Å². The summed E-state index contributed by atoms with van der Waals surface area (Å²) in [5.74, 6) is 0.523. The molecule has 0 N–H and O–H groups in total. The van der Waals surface area contributed by atoms with Crippen LogP contribution in [0.4, 0.5) is 4.39 Å². The first-order valence-corrected chi connectivity index (χ1v) is 5.98. The molecular weight excluding hydrogens is 231 g/mol. The monoisotopic (exact) mass is 246 g/mol. The molecule has 0 atom stereocenters. The van der Waals surface area contributed by atoms with Gasteiger partial charge >= 0.3 is 0 Å². The van der Waals surface area contributed by atoms with E-state index in [-0.39, 0.29) is 5.82 Å². The second kappa shape index (κ2) is 5.58. The van der Waals surface area contributed by atoms with Gasteiger partial charge in [0.2, 0.25) is 0 Å². The van der Waals surface area contributed by atoms with Crippen molar-refractivity contribution in [3.8, 4) is 0 Å². The normalized spacial score (nSPS) is 10.6. The molecule has 0 saturated carbocycles. The van der Waals surface area contributed by atoms with Crippen molar-refractivity contribution in [2.75, 3.05) is 0 Å². The number of aromatic nitrogens is 2. The molecule has 0 amide bonds. The maximum atomic E-state index is 13.2. The van der Waals surface area contributed by atoms with Gasteiger partial charge in [0.25, 0.3) is 0 Å². The number of carbonyl (C=O) groups is 1. The van der Waals surface area contributed by atoms with Crippen molar-refractivity contribution < 1.29 is 9.18 Å². The van der Waals surface area contributed by atoms with Gasteiger partial charge in [-0.05, 0) is 30.2 Å². The molecular formula is C14H15FN2O. The summed E-state index contributed by atoms with van der Waals surface area (Å²) in [4.78, 5) is 15.2. The number of aryl methyl sites for hydroxylation is 1. The van der Waals surface area contributed by atoms with E-state index in [1.807, 2.05) is 10.8 Å². The molecule has 0 aliphatic rings. The molecule has 0 unspecified atom stereocenters. The second-order valence-electron chi connectivity index (χ2n) is 4.17. The molecule has 2 aromatic rings. The second-order valence-corrected chi connectivity index (χ2v) is 4.17. The van der Waals surface area contributed by atoms with Crippen LogP contribution >= 0.6 is 0 Å². The van der Waals surface area contributed by atoms with Crippen molar-refractivity contribution in [1.82, 2.24) is 9.55 Å². The number of benzene rings is 1. The average Bonchev–Trinajstić information content (AvgIpc) is 2.78. The zero-order valence-corrected chi connectivity index (χ0v) is 10.3. The Morgan fingerprint density at radius 1 is 1.44 bits per heavy atom. The molecule has 0 fully saturated rings. The quantitative estimate of drug-likeness (QED) is 0.760. The lowest BCUT2D eigenvalue weighted by atomic mass is 10.0. The summed E-state index contributed by atoms with van der Waals surface area (Å²) in [6.45, 7) is 2.96. The number of rotatable bonds is 5. The molecule has 18 heavy (non-hydrogen) atoms. The Morgan fingerprint density at radius 3 is 3.00 bits per heavy atom. The summed E-state index contributed by atoms with van der Waals surface area (Å²) in [7, 11) is 0. The molecule has 4 heteroatoms. The number of hydrogen-bond acceptors (Lipinski definition) is 2. The number of halogens is 1. The van der Waals surface area contributed by atoms with Crippen LogP contribution in [0.15, 0.2) is 30.6 Å². The lowest BCUT2D eigenvalue weighted by molar-refractivity contribution is 0.112. The maximum Gasteiger partial charge on any atom is 0.150 e. The van der Waals surface area contributed by atoms with Gasteiger partial charge in [-0.1, -0.05) is 6.92 Å². The molecule has 1 heterocycles. The summed E-state index contributed by atoms with van der Waals surface area (Å²) < 4.78 is 15.2. The fourth-order valence-electron chi connectivity index (χ4n) is 1.96. The Labute approximate surface area is 105 Å². The Kier molecular flexibility index (Phi) is 3.87. The Bertz CT molecular complexity index is 548. The van der Waals surface area contributed by atoms with E-state index in [4.69, 9.17) is 0 Å². The zero-order valence-electron chi connectivity index (χ0n) is 10.3. The fourth-order valence-corrected chi connectivity index (χ4v) is 1.96. The third-order valence-corrected chi connectivity index (χ3v) is 2.85. The predicted octanol–water partition coefficient (Wildman–Crippen LogP) is 2.84. The van der Waals surface area contributed by atoms with Gasteiger partial charge in [0.1, 0.15) is 17.9 Å². The summed E-state index contributed by atoms with van der Waals surface area (Å²) in [6, 6.07) is 4.20. The lowest BCUT2D eigenvalue weighted by Crippen LogP contribution is -2.05. The van der Waals surface area contributed by atoms with Crippen molar-refractivity contribution >= 4 is 6.29 Å². The molecule has 94 valence electrons. The maximum absolute atomic E-state index is 13.2. The molecule has 0 aliphatic heterocycles. The lowest BCUT2D eigenvalue weighted by Gasteiger charge is -2.08. The molecule has 0 spiro atoms. The van der Waals surface area contributed by atoms with Crippen LogP contribution in [0.1, 0.15) is 35.1 Å². The Balaban J connectivity index is 2.30. The molecule has 1 aromatic heterocycles. The third kappa shape index (κ3) is 2.64. The van der Waals surface area contributed by atoms with Crippen LogP contribution < -0.4 is 0 Å². The van der Waals surface area contributed by atoms with Crippen LogP contribution in [0, 0.1) is 5.82 Å². The van der Waals surface area contributed by atoms with Crippen LogP contribution in [0.3, 0.4) is 0 Å². The van der Waals surface area contributed by atoms with E-state index in [2.05, 4.69) is 11.9 Å².